The second-order valence-electron chi connectivity index (χ2n) is 3.85. The van der Waals surface area contributed by atoms with Crippen LogP contribution in [0.1, 0.15) is 12.8 Å². The fourth-order valence-corrected chi connectivity index (χ4v) is 1.91. The van der Waals surface area contributed by atoms with Crippen LogP contribution in [-0.2, 0) is 9.59 Å². The van der Waals surface area contributed by atoms with Crippen molar-refractivity contribution in [2.24, 2.45) is 11.8 Å². The van der Waals surface area contributed by atoms with Gasteiger partial charge in [-0.2, -0.15) is 0 Å². The van der Waals surface area contributed by atoms with Crippen LogP contribution in [0.2, 0.25) is 0 Å². The summed E-state index contributed by atoms with van der Waals surface area (Å²) in [5.74, 6) is -2.56. The van der Waals surface area contributed by atoms with Crippen molar-refractivity contribution in [2.75, 3.05) is 20.1 Å². The van der Waals surface area contributed by atoms with Gasteiger partial charge in [0.1, 0.15) is 0 Å². The highest BCUT2D eigenvalue weighted by Gasteiger charge is 2.34. The third-order valence-electron chi connectivity index (χ3n) is 2.71. The van der Waals surface area contributed by atoms with Gasteiger partial charge in [0.05, 0.1) is 5.92 Å². The van der Waals surface area contributed by atoms with Gasteiger partial charge in [-0.15, -0.1) is 0 Å². The quantitative estimate of drug-likeness (QED) is 0.677. The van der Waals surface area contributed by atoms with E-state index in [1.807, 2.05) is 11.9 Å². The molecule has 0 amide bonds. The van der Waals surface area contributed by atoms with Gasteiger partial charge in [0.25, 0.3) is 0 Å². The van der Waals surface area contributed by atoms with Crippen molar-refractivity contribution in [1.29, 1.82) is 0 Å². The number of likely N-dealkylation sites (tertiary alicyclic amines) is 1. The normalized spacial score (nSPS) is 28.6. The zero-order valence-corrected chi connectivity index (χ0v) is 8.14. The van der Waals surface area contributed by atoms with Crippen LogP contribution in [0.5, 0.6) is 0 Å². The Labute approximate surface area is 82.3 Å². The molecule has 0 aliphatic carbocycles. The molecule has 1 rings (SSSR count). The average Bonchev–Trinajstić information content (AvgIpc) is 2.07. The molecular formula is C9H15NO4. The molecular weight excluding hydrogens is 186 g/mol. The molecule has 0 spiro atoms. The molecule has 1 saturated heterocycles. The fraction of sp³-hybridized carbons (Fsp3) is 0.778. The lowest BCUT2D eigenvalue weighted by Gasteiger charge is -2.33. The smallest absolute Gasteiger partial charge is 0.308 e. The molecule has 2 unspecified atom stereocenters. The molecule has 1 aliphatic rings. The van der Waals surface area contributed by atoms with E-state index >= 15 is 0 Å². The highest BCUT2D eigenvalue weighted by molar-refractivity contribution is 5.73. The summed E-state index contributed by atoms with van der Waals surface area (Å²) in [6, 6.07) is 0. The van der Waals surface area contributed by atoms with E-state index in [0.29, 0.717) is 13.0 Å². The number of carboxylic acid groups (broad SMARTS) is 2. The molecule has 2 atom stereocenters. The van der Waals surface area contributed by atoms with Crippen molar-refractivity contribution in [1.82, 2.24) is 4.90 Å². The van der Waals surface area contributed by atoms with Gasteiger partial charge in [-0.25, -0.2) is 0 Å². The number of carbonyl (C=O) groups is 2. The first-order chi connectivity index (χ1) is 6.50. The maximum Gasteiger partial charge on any atom is 0.308 e. The van der Waals surface area contributed by atoms with Crippen LogP contribution < -0.4 is 0 Å². The summed E-state index contributed by atoms with van der Waals surface area (Å²) in [5.41, 5.74) is 0. The molecule has 0 aromatic carbocycles. The minimum Gasteiger partial charge on any atom is -0.481 e. The highest BCUT2D eigenvalue weighted by Crippen LogP contribution is 2.25. The maximum atomic E-state index is 10.9. The predicted octanol–water partition coefficient (Wildman–Crippen LogP) is 0.114. The molecule has 0 radical (unpaired) electrons. The Balaban J connectivity index is 2.62. The molecule has 0 aromatic rings. The summed E-state index contributed by atoms with van der Waals surface area (Å²) in [6.07, 6.45) is 0.616. The van der Waals surface area contributed by atoms with Crippen molar-refractivity contribution in [3.8, 4) is 0 Å². The summed E-state index contributed by atoms with van der Waals surface area (Å²) < 4.78 is 0. The Kier molecular flexibility index (Phi) is 3.46. The van der Waals surface area contributed by atoms with Gasteiger partial charge in [-0.1, -0.05) is 0 Å². The molecule has 1 fully saturated rings. The van der Waals surface area contributed by atoms with E-state index in [1.165, 1.54) is 0 Å². The number of rotatable bonds is 3. The molecule has 5 heteroatoms. The van der Waals surface area contributed by atoms with Crippen LogP contribution in [0, 0.1) is 11.8 Å². The largest absolute Gasteiger partial charge is 0.481 e. The van der Waals surface area contributed by atoms with E-state index < -0.39 is 17.9 Å². The number of carboxylic acids is 2. The van der Waals surface area contributed by atoms with Crippen LogP contribution in [0.25, 0.3) is 0 Å². The number of piperidine rings is 1. The monoisotopic (exact) mass is 201 g/mol. The second kappa shape index (κ2) is 4.41. The van der Waals surface area contributed by atoms with Crippen molar-refractivity contribution in [3.05, 3.63) is 0 Å². The fourth-order valence-electron chi connectivity index (χ4n) is 1.91. The molecule has 14 heavy (non-hydrogen) atoms. The number of hydrogen-bond donors (Lipinski definition) is 2. The molecule has 1 heterocycles. The SMILES string of the molecule is CN1CCC(CC(=O)O)C(C(=O)O)C1. The Morgan fingerprint density at radius 1 is 1.43 bits per heavy atom. The molecule has 2 N–H and O–H groups in total. The molecule has 0 aromatic heterocycles. The topological polar surface area (TPSA) is 77.8 Å². The van der Waals surface area contributed by atoms with Crippen LogP contribution in [0.4, 0.5) is 0 Å². The van der Waals surface area contributed by atoms with E-state index in [0.717, 1.165) is 6.54 Å². The third kappa shape index (κ3) is 2.70. The number of aliphatic carboxylic acids is 2. The summed E-state index contributed by atoms with van der Waals surface area (Å²) in [4.78, 5) is 23.3. The lowest BCUT2D eigenvalue weighted by molar-refractivity contribution is -0.147. The molecule has 80 valence electrons. The van der Waals surface area contributed by atoms with Gasteiger partial charge >= 0.3 is 11.9 Å². The van der Waals surface area contributed by atoms with Crippen molar-refractivity contribution < 1.29 is 19.8 Å². The van der Waals surface area contributed by atoms with E-state index in [-0.39, 0.29) is 12.3 Å². The zero-order valence-electron chi connectivity index (χ0n) is 8.14. The number of nitrogens with zero attached hydrogens (tertiary/aromatic N) is 1. The van der Waals surface area contributed by atoms with Crippen molar-refractivity contribution >= 4 is 11.9 Å². The van der Waals surface area contributed by atoms with Gasteiger partial charge in [-0.3, -0.25) is 9.59 Å². The Bertz CT molecular complexity index is 241. The van der Waals surface area contributed by atoms with E-state index in [9.17, 15) is 9.59 Å². The molecule has 5 nitrogen and oxygen atoms in total. The van der Waals surface area contributed by atoms with Crippen LogP contribution in [0.15, 0.2) is 0 Å². The predicted molar refractivity (Wildman–Crippen MR) is 49.0 cm³/mol. The van der Waals surface area contributed by atoms with Crippen LogP contribution in [-0.4, -0.2) is 47.2 Å². The first-order valence-electron chi connectivity index (χ1n) is 4.64. The van der Waals surface area contributed by atoms with Crippen LogP contribution in [0.3, 0.4) is 0 Å². The summed E-state index contributed by atoms with van der Waals surface area (Å²) >= 11 is 0. The first-order valence-corrected chi connectivity index (χ1v) is 4.64. The Hall–Kier alpha value is -1.10. The molecule has 0 bridgehead atoms. The van der Waals surface area contributed by atoms with E-state index in [2.05, 4.69) is 0 Å². The standard InChI is InChI=1S/C9H15NO4/c1-10-3-2-6(4-8(11)12)7(5-10)9(13)14/h6-7H,2-5H2,1H3,(H,11,12)(H,13,14). The van der Waals surface area contributed by atoms with Gasteiger partial charge in [-0.05, 0) is 25.9 Å². The molecule has 0 saturated carbocycles. The highest BCUT2D eigenvalue weighted by atomic mass is 16.4. The summed E-state index contributed by atoms with van der Waals surface area (Å²) in [7, 11) is 1.85. The zero-order chi connectivity index (χ0) is 10.7. The van der Waals surface area contributed by atoms with Crippen molar-refractivity contribution in [3.63, 3.8) is 0 Å². The lowest BCUT2D eigenvalue weighted by atomic mass is 9.83. The van der Waals surface area contributed by atoms with E-state index in [1.54, 1.807) is 0 Å². The van der Waals surface area contributed by atoms with Crippen LogP contribution >= 0.6 is 0 Å². The first kappa shape index (κ1) is 11.0. The Morgan fingerprint density at radius 2 is 2.07 bits per heavy atom. The van der Waals surface area contributed by atoms with Gasteiger partial charge in [0.15, 0.2) is 0 Å². The molecule has 1 aliphatic heterocycles. The average molecular weight is 201 g/mol. The third-order valence-corrected chi connectivity index (χ3v) is 2.71. The minimum atomic E-state index is -0.911. The van der Waals surface area contributed by atoms with Gasteiger partial charge in [0, 0.05) is 13.0 Å². The summed E-state index contributed by atoms with van der Waals surface area (Å²) in [5, 5.41) is 17.5. The minimum absolute atomic E-state index is 0.0369. The van der Waals surface area contributed by atoms with Crippen molar-refractivity contribution in [2.45, 2.75) is 12.8 Å². The lowest BCUT2D eigenvalue weighted by Crippen LogP contribution is -2.42. The van der Waals surface area contributed by atoms with Gasteiger partial charge in [0.2, 0.25) is 0 Å². The number of hydrogen-bond acceptors (Lipinski definition) is 3. The summed E-state index contributed by atoms with van der Waals surface area (Å²) in [6.45, 7) is 1.23. The van der Waals surface area contributed by atoms with E-state index in [4.69, 9.17) is 10.2 Å². The Morgan fingerprint density at radius 3 is 2.57 bits per heavy atom. The second-order valence-corrected chi connectivity index (χ2v) is 3.85. The maximum absolute atomic E-state index is 10.9. The van der Waals surface area contributed by atoms with Gasteiger partial charge < -0.3 is 15.1 Å².